The van der Waals surface area contributed by atoms with E-state index in [9.17, 15) is 4.79 Å². The van der Waals surface area contributed by atoms with E-state index < -0.39 is 5.97 Å². The quantitative estimate of drug-likeness (QED) is 0.862. The predicted octanol–water partition coefficient (Wildman–Crippen LogP) is 2.48. The highest BCUT2D eigenvalue weighted by atomic mass is 127. The van der Waals surface area contributed by atoms with E-state index >= 15 is 0 Å². The van der Waals surface area contributed by atoms with Crippen molar-refractivity contribution in [3.8, 4) is 5.69 Å². The Morgan fingerprint density at radius 2 is 2.25 bits per heavy atom. The molecule has 0 aliphatic heterocycles. The molecule has 1 aromatic heterocycles. The highest BCUT2D eigenvalue weighted by molar-refractivity contribution is 14.1. The molecule has 82 valence electrons. The van der Waals surface area contributed by atoms with Crippen LogP contribution in [0.15, 0.2) is 30.6 Å². The van der Waals surface area contributed by atoms with Crippen molar-refractivity contribution in [2.24, 2.45) is 0 Å². The Morgan fingerprint density at radius 1 is 1.50 bits per heavy atom. The van der Waals surface area contributed by atoms with Gasteiger partial charge in [0.05, 0.1) is 21.0 Å². The van der Waals surface area contributed by atoms with Crippen LogP contribution in [0.1, 0.15) is 15.9 Å². The van der Waals surface area contributed by atoms with Gasteiger partial charge in [-0.3, -0.25) is 0 Å². The van der Waals surface area contributed by atoms with Crippen molar-refractivity contribution in [2.45, 2.75) is 6.92 Å². The van der Waals surface area contributed by atoms with Crippen LogP contribution in [0.4, 0.5) is 0 Å². The van der Waals surface area contributed by atoms with Crippen LogP contribution in [-0.4, -0.2) is 20.9 Å². The summed E-state index contributed by atoms with van der Waals surface area (Å²) in [6.45, 7) is 1.87. The first-order valence-electron chi connectivity index (χ1n) is 4.62. The Morgan fingerprint density at radius 3 is 2.75 bits per heavy atom. The zero-order valence-electron chi connectivity index (χ0n) is 8.51. The van der Waals surface area contributed by atoms with Gasteiger partial charge in [0.15, 0.2) is 0 Å². The molecule has 0 aliphatic carbocycles. The number of carboxylic acid groups (broad SMARTS) is 1. The van der Waals surface area contributed by atoms with Gasteiger partial charge in [0, 0.05) is 6.20 Å². The molecule has 0 spiro atoms. The maximum absolute atomic E-state index is 10.8. The van der Waals surface area contributed by atoms with Crippen molar-refractivity contribution in [3.05, 3.63) is 45.3 Å². The smallest absolute Gasteiger partial charge is 0.335 e. The molecule has 0 amide bonds. The number of carboxylic acids is 1. The van der Waals surface area contributed by atoms with Gasteiger partial charge in [-0.25, -0.2) is 9.48 Å². The normalized spacial score (nSPS) is 10.4. The van der Waals surface area contributed by atoms with Gasteiger partial charge in [0.25, 0.3) is 0 Å². The number of halogens is 1. The summed E-state index contributed by atoms with van der Waals surface area (Å²) in [5.41, 5.74) is 2.08. The van der Waals surface area contributed by atoms with E-state index in [0.29, 0.717) is 5.56 Å². The minimum Gasteiger partial charge on any atom is -0.478 e. The summed E-state index contributed by atoms with van der Waals surface area (Å²) in [4.78, 5) is 10.8. The summed E-state index contributed by atoms with van der Waals surface area (Å²) in [5.74, 6) is -0.912. The number of hydrogen-bond donors (Lipinski definition) is 1. The number of benzene rings is 1. The van der Waals surface area contributed by atoms with Gasteiger partial charge in [-0.2, -0.15) is 5.10 Å². The second kappa shape index (κ2) is 4.25. The average molecular weight is 328 g/mol. The van der Waals surface area contributed by atoms with Crippen LogP contribution in [0, 0.1) is 10.5 Å². The second-order valence-electron chi connectivity index (χ2n) is 3.41. The third kappa shape index (κ3) is 2.08. The minimum atomic E-state index is -0.912. The van der Waals surface area contributed by atoms with Gasteiger partial charge in [0.1, 0.15) is 0 Å². The second-order valence-corrected chi connectivity index (χ2v) is 4.66. The number of carbonyl (C=O) groups is 1. The maximum Gasteiger partial charge on any atom is 0.335 e. The molecule has 1 aromatic carbocycles. The fraction of sp³-hybridized carbons (Fsp3) is 0.0909. The maximum atomic E-state index is 10.8. The van der Waals surface area contributed by atoms with Gasteiger partial charge in [-0.15, -0.1) is 0 Å². The Kier molecular flexibility index (Phi) is 2.95. The van der Waals surface area contributed by atoms with E-state index in [1.807, 2.05) is 13.1 Å². The average Bonchev–Trinajstić information content (AvgIpc) is 2.64. The molecule has 1 N–H and O–H groups in total. The fourth-order valence-electron chi connectivity index (χ4n) is 1.48. The molecule has 16 heavy (non-hydrogen) atoms. The van der Waals surface area contributed by atoms with Crippen LogP contribution in [0.25, 0.3) is 5.69 Å². The summed E-state index contributed by atoms with van der Waals surface area (Å²) < 4.78 is 2.78. The van der Waals surface area contributed by atoms with Crippen LogP contribution in [0.2, 0.25) is 0 Å². The third-order valence-electron chi connectivity index (χ3n) is 2.24. The summed E-state index contributed by atoms with van der Waals surface area (Å²) in [5, 5.41) is 13.0. The van der Waals surface area contributed by atoms with Crippen LogP contribution < -0.4 is 0 Å². The molecule has 4 nitrogen and oxygen atoms in total. The first kappa shape index (κ1) is 11.1. The first-order chi connectivity index (χ1) is 7.58. The summed E-state index contributed by atoms with van der Waals surface area (Å²) in [6, 6.07) is 4.99. The number of aromatic nitrogens is 2. The minimum absolute atomic E-state index is 0.295. The Hall–Kier alpha value is -1.37. The van der Waals surface area contributed by atoms with Gasteiger partial charge in [0.2, 0.25) is 0 Å². The molecular weight excluding hydrogens is 319 g/mol. The van der Waals surface area contributed by atoms with Crippen molar-refractivity contribution < 1.29 is 9.90 Å². The zero-order chi connectivity index (χ0) is 11.7. The molecule has 0 atom stereocenters. The SMILES string of the molecule is Cc1cc(C(=O)O)ccc1-n1cc(I)cn1. The highest BCUT2D eigenvalue weighted by Crippen LogP contribution is 2.16. The lowest BCUT2D eigenvalue weighted by Crippen LogP contribution is -2.01. The zero-order valence-corrected chi connectivity index (χ0v) is 10.7. The van der Waals surface area contributed by atoms with E-state index in [2.05, 4.69) is 27.7 Å². The fourth-order valence-corrected chi connectivity index (χ4v) is 1.87. The van der Waals surface area contributed by atoms with Gasteiger partial charge < -0.3 is 5.11 Å². The van der Waals surface area contributed by atoms with Gasteiger partial charge in [-0.1, -0.05) is 0 Å². The number of rotatable bonds is 2. The van der Waals surface area contributed by atoms with Crippen molar-refractivity contribution in [3.63, 3.8) is 0 Å². The number of nitrogens with zero attached hydrogens (tertiary/aromatic N) is 2. The van der Waals surface area contributed by atoms with Crippen molar-refractivity contribution in [2.75, 3.05) is 0 Å². The van der Waals surface area contributed by atoms with E-state index in [0.717, 1.165) is 14.8 Å². The molecule has 1 heterocycles. The van der Waals surface area contributed by atoms with E-state index in [-0.39, 0.29) is 0 Å². The number of aryl methyl sites for hydroxylation is 1. The molecule has 2 rings (SSSR count). The monoisotopic (exact) mass is 328 g/mol. The summed E-state index contributed by atoms with van der Waals surface area (Å²) in [7, 11) is 0. The predicted molar refractivity (Wildman–Crippen MR) is 68.0 cm³/mol. The largest absolute Gasteiger partial charge is 0.478 e. The number of aromatic carboxylic acids is 1. The first-order valence-corrected chi connectivity index (χ1v) is 5.70. The highest BCUT2D eigenvalue weighted by Gasteiger charge is 2.07. The lowest BCUT2D eigenvalue weighted by Gasteiger charge is -2.06. The van der Waals surface area contributed by atoms with Crippen molar-refractivity contribution in [1.29, 1.82) is 0 Å². The molecule has 0 aliphatic rings. The molecule has 2 aromatic rings. The standard InChI is InChI=1S/C11H9IN2O2/c1-7-4-8(11(15)16)2-3-10(7)14-6-9(12)5-13-14/h2-6H,1H3,(H,15,16). The van der Waals surface area contributed by atoms with Crippen molar-refractivity contribution >= 4 is 28.6 Å². The summed E-state index contributed by atoms with van der Waals surface area (Å²) in [6.07, 6.45) is 3.65. The lowest BCUT2D eigenvalue weighted by atomic mass is 10.1. The Balaban J connectivity index is 2.47. The summed E-state index contributed by atoms with van der Waals surface area (Å²) >= 11 is 2.18. The molecule has 5 heteroatoms. The van der Waals surface area contributed by atoms with E-state index in [4.69, 9.17) is 5.11 Å². The number of hydrogen-bond acceptors (Lipinski definition) is 2. The van der Waals surface area contributed by atoms with Gasteiger partial charge >= 0.3 is 5.97 Å². The van der Waals surface area contributed by atoms with Crippen molar-refractivity contribution in [1.82, 2.24) is 9.78 Å². The topological polar surface area (TPSA) is 55.1 Å². The van der Waals surface area contributed by atoms with Crippen LogP contribution in [0.3, 0.4) is 0 Å². The Labute approximate surface area is 106 Å². The third-order valence-corrected chi connectivity index (χ3v) is 2.80. The van der Waals surface area contributed by atoms with Crippen LogP contribution in [0.5, 0.6) is 0 Å². The molecular formula is C11H9IN2O2. The molecule has 0 saturated heterocycles. The van der Waals surface area contributed by atoms with Gasteiger partial charge in [-0.05, 0) is 53.3 Å². The molecule has 0 fully saturated rings. The molecule has 0 unspecified atom stereocenters. The lowest BCUT2D eigenvalue weighted by molar-refractivity contribution is 0.0697. The molecule has 0 saturated carbocycles. The van der Waals surface area contributed by atoms with E-state index in [1.165, 1.54) is 0 Å². The van der Waals surface area contributed by atoms with E-state index in [1.54, 1.807) is 29.1 Å². The van der Waals surface area contributed by atoms with Crippen LogP contribution >= 0.6 is 22.6 Å². The Bertz CT molecular complexity index is 549. The molecule has 0 bridgehead atoms. The van der Waals surface area contributed by atoms with Crippen LogP contribution in [-0.2, 0) is 0 Å². The molecule has 0 radical (unpaired) electrons.